The number of hydrogen-bond acceptors (Lipinski definition) is 2. The first-order valence-electron chi connectivity index (χ1n) is 7.61. The molecule has 0 aliphatic heterocycles. The Hall–Kier alpha value is -0.570. The summed E-state index contributed by atoms with van der Waals surface area (Å²) in [5.41, 5.74) is -0.247. The summed E-state index contributed by atoms with van der Waals surface area (Å²) < 4.78 is 0. The zero-order chi connectivity index (χ0) is 12.6. The molecule has 3 fully saturated rings. The number of aliphatic hydroxyl groups is 1. The molecule has 0 radical (unpaired) electrons. The Kier molecular flexibility index (Phi) is 3.13. The van der Waals surface area contributed by atoms with Crippen LogP contribution in [0.15, 0.2) is 0 Å². The first-order valence-corrected chi connectivity index (χ1v) is 7.61. The van der Waals surface area contributed by atoms with Crippen LogP contribution < -0.4 is 5.32 Å². The van der Waals surface area contributed by atoms with Gasteiger partial charge in [0.25, 0.3) is 0 Å². The number of carbonyl (C=O) groups is 1. The lowest BCUT2D eigenvalue weighted by molar-refractivity contribution is -0.127. The molecule has 102 valence electrons. The van der Waals surface area contributed by atoms with Gasteiger partial charge in [-0.15, -0.1) is 0 Å². The van der Waals surface area contributed by atoms with Crippen LogP contribution in [0.2, 0.25) is 0 Å². The fraction of sp³-hybridized carbons (Fsp3) is 0.933. The molecule has 0 aromatic carbocycles. The van der Waals surface area contributed by atoms with Crippen molar-refractivity contribution in [3.05, 3.63) is 0 Å². The van der Waals surface area contributed by atoms with E-state index < -0.39 is 5.60 Å². The van der Waals surface area contributed by atoms with Crippen LogP contribution in [0.5, 0.6) is 0 Å². The largest absolute Gasteiger partial charge is 0.389 e. The first kappa shape index (κ1) is 12.5. The Balaban J connectivity index is 1.44. The predicted octanol–water partition coefficient (Wildman–Crippen LogP) is 2.38. The molecule has 0 atom stereocenters. The average molecular weight is 251 g/mol. The number of nitrogens with one attached hydrogen (secondary N) is 1. The maximum atomic E-state index is 12.0. The van der Waals surface area contributed by atoms with Crippen LogP contribution in [0, 0.1) is 11.3 Å². The normalized spacial score (nSPS) is 28.7. The summed E-state index contributed by atoms with van der Waals surface area (Å²) in [7, 11) is 0. The molecule has 0 aromatic heterocycles. The summed E-state index contributed by atoms with van der Waals surface area (Å²) in [5.74, 6) is 0.946. The second-order valence-electron chi connectivity index (χ2n) is 6.88. The van der Waals surface area contributed by atoms with Gasteiger partial charge in [0.2, 0.25) is 5.91 Å². The zero-order valence-corrected chi connectivity index (χ0v) is 11.2. The predicted molar refractivity (Wildman–Crippen MR) is 70.1 cm³/mol. The standard InChI is InChI=1S/C15H25NO2/c17-13(10-15(18)6-2-1-3-7-15)16-11-14(8-9-14)12-4-5-12/h12,18H,1-11H2,(H,16,17). The van der Waals surface area contributed by atoms with Crippen molar-refractivity contribution in [1.29, 1.82) is 0 Å². The minimum atomic E-state index is -0.710. The van der Waals surface area contributed by atoms with Crippen LogP contribution in [0.3, 0.4) is 0 Å². The van der Waals surface area contributed by atoms with Gasteiger partial charge in [-0.05, 0) is 49.9 Å². The Morgan fingerprint density at radius 2 is 1.78 bits per heavy atom. The van der Waals surface area contributed by atoms with Crippen LogP contribution in [-0.2, 0) is 4.79 Å². The maximum Gasteiger partial charge on any atom is 0.222 e. The van der Waals surface area contributed by atoms with Gasteiger partial charge in [-0.2, -0.15) is 0 Å². The van der Waals surface area contributed by atoms with Gasteiger partial charge in [-0.1, -0.05) is 19.3 Å². The Labute approximate surface area is 109 Å². The fourth-order valence-electron chi connectivity index (χ4n) is 3.61. The monoisotopic (exact) mass is 251 g/mol. The summed E-state index contributed by atoms with van der Waals surface area (Å²) in [4.78, 5) is 12.0. The highest BCUT2D eigenvalue weighted by molar-refractivity contribution is 5.77. The summed E-state index contributed by atoms with van der Waals surface area (Å²) in [6.07, 6.45) is 10.6. The van der Waals surface area contributed by atoms with E-state index in [1.165, 1.54) is 32.1 Å². The van der Waals surface area contributed by atoms with E-state index >= 15 is 0 Å². The van der Waals surface area contributed by atoms with Crippen molar-refractivity contribution in [3.8, 4) is 0 Å². The van der Waals surface area contributed by atoms with E-state index in [-0.39, 0.29) is 5.91 Å². The van der Waals surface area contributed by atoms with Crippen LogP contribution >= 0.6 is 0 Å². The molecular weight excluding hydrogens is 226 g/mol. The Bertz CT molecular complexity index is 325. The van der Waals surface area contributed by atoms with E-state index in [1.54, 1.807) is 0 Å². The van der Waals surface area contributed by atoms with E-state index in [4.69, 9.17) is 0 Å². The molecule has 3 saturated carbocycles. The molecule has 0 spiro atoms. The molecule has 3 nitrogen and oxygen atoms in total. The lowest BCUT2D eigenvalue weighted by Crippen LogP contribution is -2.40. The minimum Gasteiger partial charge on any atom is -0.389 e. The molecule has 3 rings (SSSR count). The van der Waals surface area contributed by atoms with Crippen LogP contribution in [0.1, 0.15) is 64.2 Å². The third-order valence-corrected chi connectivity index (χ3v) is 5.25. The van der Waals surface area contributed by atoms with E-state index in [1.807, 2.05) is 0 Å². The van der Waals surface area contributed by atoms with E-state index in [2.05, 4.69) is 5.32 Å². The average Bonchev–Trinajstić information content (AvgIpc) is 3.19. The number of hydrogen-bond donors (Lipinski definition) is 2. The van der Waals surface area contributed by atoms with Crippen LogP contribution in [0.25, 0.3) is 0 Å². The highest BCUT2D eigenvalue weighted by Crippen LogP contribution is 2.60. The second kappa shape index (κ2) is 4.52. The Morgan fingerprint density at radius 1 is 1.11 bits per heavy atom. The van der Waals surface area contributed by atoms with Crippen LogP contribution in [0.4, 0.5) is 0 Å². The molecule has 0 unspecified atom stereocenters. The topological polar surface area (TPSA) is 49.3 Å². The van der Waals surface area contributed by atoms with Gasteiger partial charge >= 0.3 is 0 Å². The lowest BCUT2D eigenvalue weighted by atomic mass is 9.82. The fourth-order valence-corrected chi connectivity index (χ4v) is 3.61. The molecule has 3 heteroatoms. The molecule has 3 aliphatic carbocycles. The molecule has 0 bridgehead atoms. The van der Waals surface area contributed by atoms with Gasteiger partial charge in [0, 0.05) is 6.54 Å². The van der Waals surface area contributed by atoms with Gasteiger partial charge in [0.1, 0.15) is 0 Å². The zero-order valence-electron chi connectivity index (χ0n) is 11.2. The third kappa shape index (κ3) is 2.71. The molecule has 0 heterocycles. The minimum absolute atomic E-state index is 0.0614. The van der Waals surface area contributed by atoms with Crippen molar-refractivity contribution in [2.24, 2.45) is 11.3 Å². The molecule has 0 aromatic rings. The van der Waals surface area contributed by atoms with Crippen molar-refractivity contribution < 1.29 is 9.90 Å². The quantitative estimate of drug-likeness (QED) is 0.788. The molecule has 2 N–H and O–H groups in total. The van der Waals surface area contributed by atoms with Gasteiger partial charge in [0.15, 0.2) is 0 Å². The van der Waals surface area contributed by atoms with Gasteiger partial charge in [-0.25, -0.2) is 0 Å². The summed E-state index contributed by atoms with van der Waals surface area (Å²) in [6, 6.07) is 0. The number of rotatable bonds is 5. The van der Waals surface area contributed by atoms with E-state index in [9.17, 15) is 9.90 Å². The van der Waals surface area contributed by atoms with Crippen molar-refractivity contribution in [1.82, 2.24) is 5.32 Å². The highest BCUT2D eigenvalue weighted by Gasteiger charge is 2.53. The summed E-state index contributed by atoms with van der Waals surface area (Å²) >= 11 is 0. The van der Waals surface area contributed by atoms with Gasteiger partial charge in [0.05, 0.1) is 12.0 Å². The molecule has 0 saturated heterocycles. The van der Waals surface area contributed by atoms with Crippen molar-refractivity contribution in [2.45, 2.75) is 69.8 Å². The van der Waals surface area contributed by atoms with Gasteiger partial charge < -0.3 is 10.4 Å². The molecule has 3 aliphatic rings. The number of carbonyl (C=O) groups excluding carboxylic acids is 1. The van der Waals surface area contributed by atoms with E-state index in [0.29, 0.717) is 11.8 Å². The van der Waals surface area contributed by atoms with Gasteiger partial charge in [-0.3, -0.25) is 4.79 Å². The smallest absolute Gasteiger partial charge is 0.222 e. The SMILES string of the molecule is O=C(CC1(O)CCCCC1)NCC1(C2CC2)CC1. The summed E-state index contributed by atoms with van der Waals surface area (Å²) in [5, 5.41) is 13.4. The lowest BCUT2D eigenvalue weighted by Gasteiger charge is -2.31. The second-order valence-corrected chi connectivity index (χ2v) is 6.88. The first-order chi connectivity index (χ1) is 8.62. The molecule has 1 amide bonds. The maximum absolute atomic E-state index is 12.0. The van der Waals surface area contributed by atoms with Crippen LogP contribution in [-0.4, -0.2) is 23.2 Å². The molecular formula is C15H25NO2. The van der Waals surface area contributed by atoms with Crippen molar-refractivity contribution >= 4 is 5.91 Å². The van der Waals surface area contributed by atoms with E-state index in [0.717, 1.165) is 38.1 Å². The molecule has 18 heavy (non-hydrogen) atoms. The summed E-state index contributed by atoms with van der Waals surface area (Å²) in [6.45, 7) is 0.854. The highest BCUT2D eigenvalue weighted by atomic mass is 16.3. The van der Waals surface area contributed by atoms with Crippen molar-refractivity contribution in [2.75, 3.05) is 6.54 Å². The Morgan fingerprint density at radius 3 is 2.33 bits per heavy atom. The van der Waals surface area contributed by atoms with Crippen molar-refractivity contribution in [3.63, 3.8) is 0 Å². The third-order valence-electron chi connectivity index (χ3n) is 5.25. The number of amides is 1.